The number of carbonyl (C=O) groups excluding carboxylic acids is 3. The Bertz CT molecular complexity index is 1640. The van der Waals surface area contributed by atoms with Gasteiger partial charge in [0.25, 0.3) is 11.8 Å². The minimum Gasteiger partial charge on any atom is -0.387 e. The summed E-state index contributed by atoms with van der Waals surface area (Å²) in [6, 6.07) is 15.8. The van der Waals surface area contributed by atoms with Crippen molar-refractivity contribution < 1.29 is 32.3 Å². The summed E-state index contributed by atoms with van der Waals surface area (Å²) in [4.78, 5) is 52.5. The third kappa shape index (κ3) is 8.35. The van der Waals surface area contributed by atoms with Crippen LogP contribution in [0.1, 0.15) is 33.0 Å². The molecule has 12 nitrogen and oxygen atoms in total. The van der Waals surface area contributed by atoms with E-state index in [-0.39, 0.29) is 29.7 Å². The number of nitrogens with zero attached hydrogens (tertiary/aromatic N) is 4. The van der Waals surface area contributed by atoms with Gasteiger partial charge in [-0.2, -0.15) is 18.2 Å². The van der Waals surface area contributed by atoms with Crippen LogP contribution in [0, 0.1) is 0 Å². The van der Waals surface area contributed by atoms with E-state index in [1.54, 1.807) is 30.5 Å². The number of aromatic nitrogens is 3. The number of ether oxygens (including phenoxy) is 1. The number of anilines is 2. The van der Waals surface area contributed by atoms with E-state index in [2.05, 4.69) is 30.5 Å². The number of alkyl halides is 3. The number of H-pyrrole nitrogens is 1. The van der Waals surface area contributed by atoms with Crippen molar-refractivity contribution in [1.29, 1.82) is 0 Å². The number of hydrogen-bond donors (Lipinski definition) is 4. The Morgan fingerprint density at radius 3 is 2.27 bits per heavy atom. The zero-order valence-electron chi connectivity index (χ0n) is 23.8. The topological polar surface area (TPSA) is 159 Å². The molecule has 4 aromatic rings. The molecule has 5 N–H and O–H groups in total. The molecule has 3 heterocycles. The minimum atomic E-state index is -4.51. The van der Waals surface area contributed by atoms with Crippen molar-refractivity contribution >= 4 is 29.5 Å². The van der Waals surface area contributed by atoms with Crippen molar-refractivity contribution in [2.24, 2.45) is 5.73 Å². The molecule has 0 saturated carbocycles. The molecule has 0 bridgehead atoms. The monoisotopic (exact) mass is 622 g/mol. The summed E-state index contributed by atoms with van der Waals surface area (Å²) in [7, 11) is 0. The number of piperazine rings is 1. The summed E-state index contributed by atoms with van der Waals surface area (Å²) >= 11 is 0. The zero-order valence-corrected chi connectivity index (χ0v) is 23.8. The molecule has 2 aromatic heterocycles. The van der Waals surface area contributed by atoms with Gasteiger partial charge in [-0.25, -0.2) is 9.59 Å². The van der Waals surface area contributed by atoms with Crippen molar-refractivity contribution in [3.05, 3.63) is 101 Å². The summed E-state index contributed by atoms with van der Waals surface area (Å²) < 4.78 is 43.3. The molecule has 234 valence electrons. The second-order valence-electron chi connectivity index (χ2n) is 10.2. The van der Waals surface area contributed by atoms with Gasteiger partial charge in [0.2, 0.25) is 0 Å². The zero-order chi connectivity index (χ0) is 32.0. The van der Waals surface area contributed by atoms with Crippen LogP contribution in [0.5, 0.6) is 5.88 Å². The fourth-order valence-corrected chi connectivity index (χ4v) is 4.73. The molecule has 45 heavy (non-hydrogen) atoms. The maximum absolute atomic E-state index is 13.1. The Balaban J connectivity index is 1.17. The van der Waals surface area contributed by atoms with Gasteiger partial charge < -0.3 is 25.7 Å². The highest BCUT2D eigenvalue weighted by Crippen LogP contribution is 2.30. The molecule has 0 unspecified atom stereocenters. The van der Waals surface area contributed by atoms with Gasteiger partial charge in [-0.15, -0.1) is 0 Å². The first kappa shape index (κ1) is 31.0. The maximum Gasteiger partial charge on any atom is 0.416 e. The number of benzene rings is 2. The molecule has 0 atom stereocenters. The van der Waals surface area contributed by atoms with Crippen LogP contribution in [0.4, 0.5) is 34.3 Å². The van der Waals surface area contributed by atoms with Gasteiger partial charge in [-0.3, -0.25) is 20.0 Å². The average molecular weight is 623 g/mol. The number of aromatic amines is 1. The van der Waals surface area contributed by atoms with Crippen LogP contribution in [0.15, 0.2) is 72.9 Å². The number of primary amides is 1. The van der Waals surface area contributed by atoms with Crippen LogP contribution < -0.4 is 21.1 Å². The average Bonchev–Trinajstić information content (AvgIpc) is 3.37. The molecule has 4 amide bonds. The number of halogens is 3. The van der Waals surface area contributed by atoms with Crippen molar-refractivity contribution in [2.75, 3.05) is 36.8 Å². The molecule has 0 spiro atoms. The second-order valence-corrected chi connectivity index (χ2v) is 10.2. The molecule has 0 radical (unpaired) electrons. The van der Waals surface area contributed by atoms with Crippen LogP contribution in [-0.4, -0.2) is 69.0 Å². The number of pyridine rings is 1. The normalized spacial score (nSPS) is 13.7. The molecule has 1 aliphatic rings. The van der Waals surface area contributed by atoms with Gasteiger partial charge in [-0.1, -0.05) is 18.2 Å². The molecule has 1 aliphatic heterocycles. The van der Waals surface area contributed by atoms with E-state index in [1.807, 2.05) is 23.1 Å². The lowest BCUT2D eigenvalue weighted by Gasteiger charge is -2.34. The van der Waals surface area contributed by atoms with Crippen LogP contribution in [0.25, 0.3) is 0 Å². The van der Waals surface area contributed by atoms with Gasteiger partial charge in [0, 0.05) is 56.6 Å². The summed E-state index contributed by atoms with van der Waals surface area (Å²) in [6.07, 6.45) is -3.69. The minimum absolute atomic E-state index is 0.0697. The third-order valence-corrected chi connectivity index (χ3v) is 6.97. The molecule has 5 rings (SSSR count). The number of nitrogens with two attached hydrogens (primary N) is 1. The molecule has 0 aliphatic carbocycles. The van der Waals surface area contributed by atoms with Crippen molar-refractivity contribution in [2.45, 2.75) is 19.1 Å². The van der Waals surface area contributed by atoms with E-state index in [1.165, 1.54) is 0 Å². The van der Waals surface area contributed by atoms with Gasteiger partial charge in [0.1, 0.15) is 5.82 Å². The smallest absolute Gasteiger partial charge is 0.387 e. The van der Waals surface area contributed by atoms with Gasteiger partial charge in [-0.05, 0) is 54.1 Å². The van der Waals surface area contributed by atoms with E-state index in [9.17, 15) is 27.6 Å². The van der Waals surface area contributed by atoms with E-state index in [0.717, 1.165) is 55.2 Å². The number of hydrogen-bond acceptors (Lipinski definition) is 7. The molecule has 15 heteroatoms. The largest absolute Gasteiger partial charge is 0.416 e. The molecule has 1 saturated heterocycles. The van der Waals surface area contributed by atoms with Crippen molar-refractivity contribution in [3.8, 4) is 5.88 Å². The van der Waals surface area contributed by atoms with Crippen LogP contribution in [0.3, 0.4) is 0 Å². The van der Waals surface area contributed by atoms with Crippen LogP contribution in [-0.2, 0) is 19.1 Å². The van der Waals surface area contributed by atoms with Gasteiger partial charge >= 0.3 is 18.3 Å². The Labute approximate surface area is 255 Å². The predicted octanol–water partition coefficient (Wildman–Crippen LogP) is 4.47. The second kappa shape index (κ2) is 13.5. The molecule has 2 aromatic carbocycles. The Hall–Kier alpha value is -5.44. The summed E-state index contributed by atoms with van der Waals surface area (Å²) in [5, 5.41) is 4.80. The van der Waals surface area contributed by atoms with E-state index >= 15 is 0 Å². The standard InChI is InChI=1S/C30H29F3N8O4/c31-30(32,33)21-8-10-22(11-9-21)36-29(44)39-25-26(45-28(34)43)38-24(37-25)17-19-4-6-20(7-5-19)27(42)41-15-13-40(14-16-41)18-23-3-1-2-12-35-23/h1-12H,13-18H2,(H2,34,43)(H,37,38)(H2,36,39,44). The number of imidazole rings is 1. The fourth-order valence-electron chi connectivity index (χ4n) is 4.73. The number of amides is 4. The first-order valence-corrected chi connectivity index (χ1v) is 13.9. The maximum atomic E-state index is 13.1. The first-order chi connectivity index (χ1) is 21.5. The first-order valence-electron chi connectivity index (χ1n) is 13.9. The quantitative estimate of drug-likeness (QED) is 0.226. The lowest BCUT2D eigenvalue weighted by molar-refractivity contribution is -0.137. The van der Waals surface area contributed by atoms with Gasteiger partial charge in [0.05, 0.1) is 11.3 Å². The lowest BCUT2D eigenvalue weighted by atomic mass is 10.1. The summed E-state index contributed by atoms with van der Waals surface area (Å²) in [5.74, 6) is -0.157. The van der Waals surface area contributed by atoms with Crippen molar-refractivity contribution in [3.63, 3.8) is 0 Å². The molecular formula is C30H29F3N8O4. The highest BCUT2D eigenvalue weighted by atomic mass is 19.4. The third-order valence-electron chi connectivity index (χ3n) is 6.97. The summed E-state index contributed by atoms with van der Waals surface area (Å²) in [6.45, 7) is 3.42. The Morgan fingerprint density at radius 1 is 0.933 bits per heavy atom. The lowest BCUT2D eigenvalue weighted by Crippen LogP contribution is -2.48. The number of nitrogens with one attached hydrogen (secondary N) is 3. The fraction of sp³-hybridized carbons (Fsp3) is 0.233. The van der Waals surface area contributed by atoms with Gasteiger partial charge in [0.15, 0.2) is 5.82 Å². The molecular weight excluding hydrogens is 593 g/mol. The number of rotatable bonds is 8. The van der Waals surface area contributed by atoms with Crippen molar-refractivity contribution in [1.82, 2.24) is 24.8 Å². The van der Waals surface area contributed by atoms with Crippen LogP contribution in [0.2, 0.25) is 0 Å². The Kier molecular flexibility index (Phi) is 9.28. The predicted molar refractivity (Wildman–Crippen MR) is 158 cm³/mol. The molecule has 1 fully saturated rings. The SMILES string of the molecule is NC(=O)Oc1nc(Cc2ccc(C(=O)N3CCN(Cc4ccccn4)CC3)cc2)[nH]c1NC(=O)Nc1ccc(C(F)(F)F)cc1. The van der Waals surface area contributed by atoms with Crippen LogP contribution >= 0.6 is 0 Å². The number of urea groups is 1. The van der Waals surface area contributed by atoms with E-state index in [4.69, 9.17) is 10.5 Å². The number of carbonyl (C=O) groups is 3. The van der Waals surface area contributed by atoms with E-state index < -0.39 is 23.9 Å². The Morgan fingerprint density at radius 2 is 1.64 bits per heavy atom. The highest BCUT2D eigenvalue weighted by molar-refractivity contribution is 6.00. The van der Waals surface area contributed by atoms with E-state index in [0.29, 0.717) is 24.5 Å². The highest BCUT2D eigenvalue weighted by Gasteiger charge is 2.30. The summed E-state index contributed by atoms with van der Waals surface area (Å²) in [5.41, 5.74) is 6.66.